The van der Waals surface area contributed by atoms with Crippen molar-refractivity contribution in [3.63, 3.8) is 0 Å². The summed E-state index contributed by atoms with van der Waals surface area (Å²) in [6.45, 7) is 8.78. The summed E-state index contributed by atoms with van der Waals surface area (Å²) in [6, 6.07) is -0.316. The summed E-state index contributed by atoms with van der Waals surface area (Å²) < 4.78 is 0. The van der Waals surface area contributed by atoms with Crippen LogP contribution in [-0.4, -0.2) is 35.0 Å². The zero-order valence-electron chi connectivity index (χ0n) is 11.2. The predicted molar refractivity (Wildman–Crippen MR) is 74.5 cm³/mol. The molecule has 0 bridgehead atoms. The summed E-state index contributed by atoms with van der Waals surface area (Å²) in [6.07, 6.45) is 2.21. The first kappa shape index (κ1) is 14.4. The smallest absolute Gasteiger partial charge is 0.244 e. The number of hydrogen-bond donors (Lipinski definition) is 2. The number of amidine groups is 1. The quantitative estimate of drug-likeness (QED) is 0.807. The summed E-state index contributed by atoms with van der Waals surface area (Å²) in [7, 11) is 0. The molecule has 1 rings (SSSR count). The van der Waals surface area contributed by atoms with Crippen LogP contribution in [0.4, 0.5) is 0 Å². The maximum Gasteiger partial charge on any atom is 0.244 e. The van der Waals surface area contributed by atoms with Gasteiger partial charge in [0.25, 0.3) is 0 Å². The molecule has 1 fully saturated rings. The van der Waals surface area contributed by atoms with Crippen LogP contribution in [0.3, 0.4) is 0 Å². The van der Waals surface area contributed by atoms with E-state index in [0.29, 0.717) is 6.54 Å². The highest BCUT2D eigenvalue weighted by atomic mass is 32.2. The molecule has 0 aliphatic carbocycles. The molecule has 98 valence electrons. The van der Waals surface area contributed by atoms with Crippen molar-refractivity contribution in [1.29, 1.82) is 0 Å². The van der Waals surface area contributed by atoms with Gasteiger partial charge in [-0.15, -0.1) is 0 Å². The van der Waals surface area contributed by atoms with Crippen molar-refractivity contribution < 1.29 is 4.79 Å². The molecule has 1 saturated heterocycles. The number of nitrogens with one attached hydrogen (secondary N) is 2. The Kier molecular flexibility index (Phi) is 5.31. The largest absolute Gasteiger partial charge is 0.360 e. The van der Waals surface area contributed by atoms with Crippen LogP contribution in [-0.2, 0) is 4.79 Å². The summed E-state index contributed by atoms with van der Waals surface area (Å²) in [5, 5.41) is 7.13. The number of amides is 1. The van der Waals surface area contributed by atoms with Crippen molar-refractivity contribution in [2.24, 2.45) is 4.99 Å². The zero-order chi connectivity index (χ0) is 12.9. The number of nitrogens with zero attached hydrogens (tertiary/aromatic N) is 1. The van der Waals surface area contributed by atoms with E-state index in [4.69, 9.17) is 0 Å². The number of likely N-dealkylation sites (N-methyl/N-ethyl adjacent to an activating group) is 1. The van der Waals surface area contributed by atoms with E-state index >= 15 is 0 Å². The molecule has 2 N–H and O–H groups in total. The van der Waals surface area contributed by atoms with Gasteiger partial charge in [0.05, 0.1) is 0 Å². The van der Waals surface area contributed by atoms with E-state index < -0.39 is 0 Å². The van der Waals surface area contributed by atoms with Gasteiger partial charge in [-0.05, 0) is 33.6 Å². The average molecular weight is 257 g/mol. The lowest BCUT2D eigenvalue weighted by Gasteiger charge is -2.35. The molecule has 0 aromatic carbocycles. The molecule has 0 aromatic rings. The lowest BCUT2D eigenvalue weighted by atomic mass is 9.96. The number of carbonyl (C=O) groups excluding carboxylic acids is 1. The Morgan fingerprint density at radius 2 is 2.35 bits per heavy atom. The van der Waals surface area contributed by atoms with Crippen LogP contribution in [0.25, 0.3) is 0 Å². The van der Waals surface area contributed by atoms with Gasteiger partial charge in [-0.3, -0.25) is 4.79 Å². The van der Waals surface area contributed by atoms with Gasteiger partial charge in [-0.25, -0.2) is 4.99 Å². The minimum Gasteiger partial charge on any atom is -0.360 e. The summed E-state index contributed by atoms with van der Waals surface area (Å²) in [4.78, 5) is 16.0. The molecule has 5 heteroatoms. The fraction of sp³-hybridized carbons (Fsp3) is 0.833. The van der Waals surface area contributed by atoms with Gasteiger partial charge in [0.15, 0.2) is 5.17 Å². The molecule has 1 aliphatic rings. The van der Waals surface area contributed by atoms with Crippen LogP contribution in [0.15, 0.2) is 4.99 Å². The number of rotatable bonds is 4. The second kappa shape index (κ2) is 6.28. The predicted octanol–water partition coefficient (Wildman–Crippen LogP) is 1.76. The van der Waals surface area contributed by atoms with Gasteiger partial charge in [0.1, 0.15) is 6.04 Å². The van der Waals surface area contributed by atoms with Crippen LogP contribution in [0.1, 0.15) is 40.5 Å². The van der Waals surface area contributed by atoms with Crippen molar-refractivity contribution in [3.8, 4) is 0 Å². The minimum atomic E-state index is -0.316. The van der Waals surface area contributed by atoms with Gasteiger partial charge in [-0.2, -0.15) is 0 Å². The molecule has 0 spiro atoms. The maximum atomic E-state index is 11.6. The van der Waals surface area contributed by atoms with Gasteiger partial charge >= 0.3 is 0 Å². The van der Waals surface area contributed by atoms with E-state index in [0.717, 1.165) is 23.8 Å². The molecule has 0 radical (unpaired) electrons. The topological polar surface area (TPSA) is 53.5 Å². The summed E-state index contributed by atoms with van der Waals surface area (Å²) in [5.41, 5.74) is 0.130. The summed E-state index contributed by atoms with van der Waals surface area (Å²) in [5.74, 6) is 1.06. The van der Waals surface area contributed by atoms with Crippen LogP contribution < -0.4 is 10.6 Å². The second-order valence-electron chi connectivity index (χ2n) is 4.64. The highest BCUT2D eigenvalue weighted by molar-refractivity contribution is 8.13. The van der Waals surface area contributed by atoms with Crippen LogP contribution in [0.5, 0.6) is 0 Å². The molecule has 17 heavy (non-hydrogen) atoms. The third-order valence-corrected chi connectivity index (χ3v) is 4.01. The molecule has 2 atom stereocenters. The first-order valence-electron chi connectivity index (χ1n) is 6.27. The number of thioether (sulfide) groups is 1. The van der Waals surface area contributed by atoms with Gasteiger partial charge in [0, 0.05) is 17.8 Å². The Labute approximate surface area is 108 Å². The normalized spacial score (nSPS) is 28.6. The van der Waals surface area contributed by atoms with E-state index in [2.05, 4.69) is 29.5 Å². The lowest BCUT2D eigenvalue weighted by Crippen LogP contribution is -2.48. The molecule has 0 saturated carbocycles. The van der Waals surface area contributed by atoms with Crippen LogP contribution in [0, 0.1) is 0 Å². The first-order chi connectivity index (χ1) is 8.00. The Balaban J connectivity index is 2.62. The third kappa shape index (κ3) is 4.22. The molecular weight excluding hydrogens is 234 g/mol. The molecule has 1 aliphatic heterocycles. The first-order valence-corrected chi connectivity index (χ1v) is 7.26. The standard InChI is InChI=1S/C12H23N3OS/c1-5-12(4)7-8-17-11(15-12)14-9(3)10(16)13-6-2/h9H,5-8H2,1-4H3,(H,13,16)(H,14,15). The number of aliphatic imine (C=N–C) groups is 1. The lowest BCUT2D eigenvalue weighted by molar-refractivity contribution is -0.121. The van der Waals surface area contributed by atoms with Crippen molar-refractivity contribution in [2.45, 2.75) is 52.1 Å². The Bertz CT molecular complexity index is 306. The highest BCUT2D eigenvalue weighted by Gasteiger charge is 2.28. The SMILES string of the molecule is CCNC(=O)C(C)N=C1NC(C)(CC)CCS1. The fourth-order valence-corrected chi connectivity index (χ4v) is 2.92. The monoisotopic (exact) mass is 257 g/mol. The highest BCUT2D eigenvalue weighted by Crippen LogP contribution is 2.25. The molecule has 2 unspecified atom stereocenters. The van der Waals surface area contributed by atoms with E-state index in [9.17, 15) is 4.79 Å². The molecule has 1 amide bonds. The van der Waals surface area contributed by atoms with E-state index in [-0.39, 0.29) is 17.5 Å². The molecular formula is C12H23N3OS. The van der Waals surface area contributed by atoms with Crippen molar-refractivity contribution in [3.05, 3.63) is 0 Å². The van der Waals surface area contributed by atoms with E-state index in [1.807, 2.05) is 13.8 Å². The average Bonchev–Trinajstić information content (AvgIpc) is 2.29. The molecule has 0 aromatic heterocycles. The Morgan fingerprint density at radius 3 is 2.94 bits per heavy atom. The van der Waals surface area contributed by atoms with Crippen molar-refractivity contribution in [1.82, 2.24) is 10.6 Å². The van der Waals surface area contributed by atoms with E-state index in [1.54, 1.807) is 11.8 Å². The fourth-order valence-electron chi connectivity index (χ4n) is 1.62. The van der Waals surface area contributed by atoms with Crippen LogP contribution >= 0.6 is 11.8 Å². The van der Waals surface area contributed by atoms with Gasteiger partial charge in [-0.1, -0.05) is 18.7 Å². The Hall–Kier alpha value is -0.710. The zero-order valence-corrected chi connectivity index (χ0v) is 12.0. The Morgan fingerprint density at radius 1 is 1.65 bits per heavy atom. The van der Waals surface area contributed by atoms with E-state index in [1.165, 1.54) is 0 Å². The van der Waals surface area contributed by atoms with Gasteiger partial charge < -0.3 is 10.6 Å². The molecule has 4 nitrogen and oxygen atoms in total. The van der Waals surface area contributed by atoms with Crippen LogP contribution in [0.2, 0.25) is 0 Å². The van der Waals surface area contributed by atoms with Crippen molar-refractivity contribution >= 4 is 22.8 Å². The van der Waals surface area contributed by atoms with Gasteiger partial charge in [0.2, 0.25) is 5.91 Å². The number of hydrogen-bond acceptors (Lipinski definition) is 3. The number of carbonyl (C=O) groups is 1. The van der Waals surface area contributed by atoms with Crippen molar-refractivity contribution in [2.75, 3.05) is 12.3 Å². The molecule has 1 heterocycles. The third-order valence-electron chi connectivity index (χ3n) is 3.12. The summed E-state index contributed by atoms with van der Waals surface area (Å²) >= 11 is 1.70. The second-order valence-corrected chi connectivity index (χ2v) is 5.73. The minimum absolute atomic E-state index is 0.00817. The maximum absolute atomic E-state index is 11.6.